The van der Waals surface area contributed by atoms with Crippen LogP contribution in [-0.4, -0.2) is 11.5 Å². The number of nitriles is 1. The van der Waals surface area contributed by atoms with E-state index in [1.54, 1.807) is 0 Å². The number of rotatable bonds is 5. The van der Waals surface area contributed by atoms with E-state index in [0.29, 0.717) is 11.4 Å². The first kappa shape index (κ1) is 11.5. The van der Waals surface area contributed by atoms with Gasteiger partial charge in [-0.25, -0.2) is 4.98 Å². The van der Waals surface area contributed by atoms with Crippen molar-refractivity contribution < 1.29 is 0 Å². The van der Waals surface area contributed by atoms with Crippen LogP contribution in [0.15, 0.2) is 12.1 Å². The maximum Gasteiger partial charge on any atom is 0.144 e. The SMILES string of the molecule is CCCCCNc1nc(C)ccc1C#N. The Morgan fingerprint density at radius 3 is 2.87 bits per heavy atom. The number of hydrogen-bond donors (Lipinski definition) is 1. The maximum atomic E-state index is 8.88. The van der Waals surface area contributed by atoms with Crippen LogP contribution in [0.2, 0.25) is 0 Å². The van der Waals surface area contributed by atoms with E-state index < -0.39 is 0 Å². The lowest BCUT2D eigenvalue weighted by Gasteiger charge is -2.07. The Balaban J connectivity index is 2.59. The molecule has 0 spiro atoms. The van der Waals surface area contributed by atoms with Crippen LogP contribution >= 0.6 is 0 Å². The Morgan fingerprint density at radius 2 is 2.20 bits per heavy atom. The highest BCUT2D eigenvalue weighted by atomic mass is 15.0. The van der Waals surface area contributed by atoms with Gasteiger partial charge in [-0.15, -0.1) is 0 Å². The molecular weight excluding hydrogens is 186 g/mol. The third-order valence-electron chi connectivity index (χ3n) is 2.23. The molecule has 0 amide bonds. The average Bonchev–Trinajstić information content (AvgIpc) is 2.25. The monoisotopic (exact) mass is 203 g/mol. The predicted octanol–water partition coefficient (Wildman–Crippen LogP) is 2.86. The fourth-order valence-corrected chi connectivity index (χ4v) is 1.36. The maximum absolute atomic E-state index is 8.88. The molecule has 1 aromatic heterocycles. The number of hydrogen-bond acceptors (Lipinski definition) is 3. The summed E-state index contributed by atoms with van der Waals surface area (Å²) in [6, 6.07) is 5.81. The molecule has 0 aliphatic heterocycles. The Morgan fingerprint density at radius 1 is 1.40 bits per heavy atom. The van der Waals surface area contributed by atoms with Gasteiger partial charge in [0.15, 0.2) is 0 Å². The van der Waals surface area contributed by atoms with Crippen LogP contribution in [0.1, 0.15) is 37.4 Å². The smallest absolute Gasteiger partial charge is 0.144 e. The molecule has 0 unspecified atom stereocenters. The van der Waals surface area contributed by atoms with Crippen LogP contribution in [0.3, 0.4) is 0 Å². The Bertz CT molecular complexity index is 352. The molecule has 15 heavy (non-hydrogen) atoms. The van der Waals surface area contributed by atoms with Crippen LogP contribution < -0.4 is 5.32 Å². The lowest BCUT2D eigenvalue weighted by Crippen LogP contribution is -2.05. The summed E-state index contributed by atoms with van der Waals surface area (Å²) in [5, 5.41) is 12.1. The molecule has 1 heterocycles. The number of aryl methyl sites for hydroxylation is 1. The van der Waals surface area contributed by atoms with Gasteiger partial charge in [0, 0.05) is 12.2 Å². The van der Waals surface area contributed by atoms with E-state index >= 15 is 0 Å². The highest BCUT2D eigenvalue weighted by Gasteiger charge is 2.02. The first-order valence-corrected chi connectivity index (χ1v) is 5.39. The summed E-state index contributed by atoms with van der Waals surface area (Å²) in [5.74, 6) is 0.716. The normalized spacial score (nSPS) is 9.67. The van der Waals surface area contributed by atoms with Crippen molar-refractivity contribution in [2.24, 2.45) is 0 Å². The Labute approximate surface area is 91.1 Å². The highest BCUT2D eigenvalue weighted by molar-refractivity contribution is 5.52. The van der Waals surface area contributed by atoms with Crippen LogP contribution in [-0.2, 0) is 0 Å². The number of pyridine rings is 1. The van der Waals surface area contributed by atoms with Crippen LogP contribution in [0, 0.1) is 18.3 Å². The zero-order chi connectivity index (χ0) is 11.1. The molecular formula is C12H17N3. The van der Waals surface area contributed by atoms with Gasteiger partial charge in [0.2, 0.25) is 0 Å². The van der Waals surface area contributed by atoms with Gasteiger partial charge in [-0.05, 0) is 25.5 Å². The van der Waals surface area contributed by atoms with E-state index in [0.717, 1.165) is 18.7 Å². The number of unbranched alkanes of at least 4 members (excludes halogenated alkanes) is 2. The molecule has 1 N–H and O–H groups in total. The van der Waals surface area contributed by atoms with Crippen molar-refractivity contribution >= 4 is 5.82 Å². The van der Waals surface area contributed by atoms with Gasteiger partial charge in [0.25, 0.3) is 0 Å². The van der Waals surface area contributed by atoms with Gasteiger partial charge in [0.05, 0.1) is 5.56 Å². The second-order valence-electron chi connectivity index (χ2n) is 3.59. The van der Waals surface area contributed by atoms with Crippen molar-refractivity contribution in [1.29, 1.82) is 5.26 Å². The molecule has 0 aromatic carbocycles. The van der Waals surface area contributed by atoms with Gasteiger partial charge < -0.3 is 5.32 Å². The van der Waals surface area contributed by atoms with Crippen LogP contribution in [0.5, 0.6) is 0 Å². The topological polar surface area (TPSA) is 48.7 Å². The largest absolute Gasteiger partial charge is 0.369 e. The fourth-order valence-electron chi connectivity index (χ4n) is 1.36. The Hall–Kier alpha value is -1.56. The molecule has 3 nitrogen and oxygen atoms in total. The minimum absolute atomic E-state index is 0.622. The number of anilines is 1. The lowest BCUT2D eigenvalue weighted by atomic mass is 10.2. The molecule has 0 saturated heterocycles. The standard InChI is InChI=1S/C12H17N3/c1-3-4-5-8-14-12-11(9-13)7-6-10(2)15-12/h6-7H,3-5,8H2,1-2H3,(H,14,15). The minimum Gasteiger partial charge on any atom is -0.369 e. The molecule has 0 aliphatic carbocycles. The van der Waals surface area contributed by atoms with E-state index in [2.05, 4.69) is 23.3 Å². The van der Waals surface area contributed by atoms with Crippen molar-refractivity contribution in [1.82, 2.24) is 4.98 Å². The third-order valence-corrected chi connectivity index (χ3v) is 2.23. The van der Waals surface area contributed by atoms with E-state index in [1.165, 1.54) is 12.8 Å². The number of aromatic nitrogens is 1. The molecule has 3 heteroatoms. The van der Waals surface area contributed by atoms with Gasteiger partial charge in [0.1, 0.15) is 11.9 Å². The van der Waals surface area contributed by atoms with Gasteiger partial charge >= 0.3 is 0 Å². The number of nitrogens with one attached hydrogen (secondary N) is 1. The summed E-state index contributed by atoms with van der Waals surface area (Å²) in [5.41, 5.74) is 1.56. The van der Waals surface area contributed by atoms with Gasteiger partial charge in [-0.2, -0.15) is 5.26 Å². The molecule has 0 atom stereocenters. The predicted molar refractivity (Wildman–Crippen MR) is 61.7 cm³/mol. The first-order valence-electron chi connectivity index (χ1n) is 5.39. The second-order valence-corrected chi connectivity index (χ2v) is 3.59. The van der Waals surface area contributed by atoms with Gasteiger partial charge in [-0.1, -0.05) is 19.8 Å². The molecule has 0 fully saturated rings. The molecule has 80 valence electrons. The molecule has 0 aliphatic rings. The van der Waals surface area contributed by atoms with E-state index in [9.17, 15) is 0 Å². The molecule has 1 rings (SSSR count). The van der Waals surface area contributed by atoms with Gasteiger partial charge in [-0.3, -0.25) is 0 Å². The van der Waals surface area contributed by atoms with Crippen molar-refractivity contribution in [3.05, 3.63) is 23.4 Å². The third kappa shape index (κ3) is 3.59. The average molecular weight is 203 g/mol. The molecule has 0 radical (unpaired) electrons. The van der Waals surface area contributed by atoms with Crippen molar-refractivity contribution in [2.75, 3.05) is 11.9 Å². The number of nitrogens with zero attached hydrogens (tertiary/aromatic N) is 2. The summed E-state index contributed by atoms with van der Waals surface area (Å²) < 4.78 is 0. The summed E-state index contributed by atoms with van der Waals surface area (Å²) in [4.78, 5) is 4.31. The van der Waals surface area contributed by atoms with Crippen molar-refractivity contribution in [3.8, 4) is 6.07 Å². The quantitative estimate of drug-likeness (QED) is 0.748. The summed E-state index contributed by atoms with van der Waals surface area (Å²) in [6.07, 6.45) is 3.53. The minimum atomic E-state index is 0.622. The zero-order valence-electron chi connectivity index (χ0n) is 9.38. The fraction of sp³-hybridized carbons (Fsp3) is 0.500. The second kappa shape index (κ2) is 6.02. The van der Waals surface area contributed by atoms with E-state index in [1.807, 2.05) is 19.1 Å². The van der Waals surface area contributed by atoms with Crippen LogP contribution in [0.25, 0.3) is 0 Å². The Kier molecular flexibility index (Phi) is 4.62. The highest BCUT2D eigenvalue weighted by Crippen LogP contribution is 2.12. The first-order chi connectivity index (χ1) is 7.27. The van der Waals surface area contributed by atoms with E-state index in [4.69, 9.17) is 5.26 Å². The molecule has 0 saturated carbocycles. The lowest BCUT2D eigenvalue weighted by molar-refractivity contribution is 0.742. The van der Waals surface area contributed by atoms with Crippen molar-refractivity contribution in [3.63, 3.8) is 0 Å². The molecule has 0 bridgehead atoms. The summed E-state index contributed by atoms with van der Waals surface area (Å²) >= 11 is 0. The van der Waals surface area contributed by atoms with E-state index in [-0.39, 0.29) is 0 Å². The molecule has 1 aromatic rings. The van der Waals surface area contributed by atoms with Crippen molar-refractivity contribution in [2.45, 2.75) is 33.1 Å². The summed E-state index contributed by atoms with van der Waals surface area (Å²) in [6.45, 7) is 4.99. The summed E-state index contributed by atoms with van der Waals surface area (Å²) in [7, 11) is 0. The van der Waals surface area contributed by atoms with Crippen LogP contribution in [0.4, 0.5) is 5.82 Å². The zero-order valence-corrected chi connectivity index (χ0v) is 9.38.